The van der Waals surface area contributed by atoms with E-state index in [0.717, 1.165) is 51.4 Å². The molecule has 164 valence electrons. The van der Waals surface area contributed by atoms with Gasteiger partial charge in [-0.2, -0.15) is 5.26 Å². The quantitative estimate of drug-likeness (QED) is 0.724. The number of piperazine rings is 1. The molecule has 0 aliphatic carbocycles. The van der Waals surface area contributed by atoms with Gasteiger partial charge in [-0.1, -0.05) is 6.92 Å². The highest BCUT2D eigenvalue weighted by Crippen LogP contribution is 2.32. The first-order chi connectivity index (χ1) is 15.0. The highest BCUT2D eigenvalue weighted by molar-refractivity contribution is 5.90. The number of likely N-dealkylation sites (N-methyl/N-ethyl adjacent to an activating group) is 1. The Balaban J connectivity index is 1.48. The van der Waals surface area contributed by atoms with Crippen molar-refractivity contribution >= 4 is 22.5 Å². The van der Waals surface area contributed by atoms with Crippen molar-refractivity contribution in [1.29, 1.82) is 5.26 Å². The maximum atomic E-state index is 13.1. The van der Waals surface area contributed by atoms with Crippen molar-refractivity contribution in [3.63, 3.8) is 0 Å². The minimum atomic E-state index is -0.0253. The lowest BCUT2D eigenvalue weighted by atomic mass is 9.85. The van der Waals surface area contributed by atoms with Crippen molar-refractivity contribution in [3.8, 4) is 6.07 Å². The lowest BCUT2D eigenvalue weighted by molar-refractivity contribution is -0.125. The number of nitrogens with zero attached hydrogens (tertiary/aromatic N) is 7. The van der Waals surface area contributed by atoms with E-state index in [1.54, 1.807) is 18.6 Å². The lowest BCUT2D eigenvalue weighted by Crippen LogP contribution is -2.51. The molecule has 2 aliphatic heterocycles. The summed E-state index contributed by atoms with van der Waals surface area (Å²) in [5, 5.41) is 9.36. The van der Waals surface area contributed by atoms with E-state index in [9.17, 15) is 10.1 Å². The van der Waals surface area contributed by atoms with Gasteiger partial charge in [0.05, 0.1) is 17.9 Å². The molecule has 2 fully saturated rings. The van der Waals surface area contributed by atoms with Crippen LogP contribution in [0.15, 0.2) is 18.6 Å². The number of fused-ring (bicyclic) bond motifs is 1. The van der Waals surface area contributed by atoms with Crippen molar-refractivity contribution in [2.75, 3.05) is 51.2 Å². The van der Waals surface area contributed by atoms with Gasteiger partial charge in [-0.25, -0.2) is 9.97 Å². The molecule has 1 unspecified atom stereocenters. The third-order valence-electron chi connectivity index (χ3n) is 6.72. The molecule has 0 amide bonds. The molecule has 0 N–H and O–H groups in total. The molecule has 2 aliphatic rings. The number of hydrogen-bond donors (Lipinski definition) is 0. The molecule has 0 spiro atoms. The van der Waals surface area contributed by atoms with Crippen LogP contribution < -0.4 is 4.90 Å². The van der Waals surface area contributed by atoms with Gasteiger partial charge >= 0.3 is 0 Å². The van der Waals surface area contributed by atoms with Crippen LogP contribution in [-0.2, 0) is 4.79 Å². The number of piperidine rings is 1. The van der Waals surface area contributed by atoms with E-state index in [1.807, 2.05) is 0 Å². The molecule has 0 aromatic carbocycles. The largest absolute Gasteiger partial charge is 0.368 e. The number of ketones is 1. The Morgan fingerprint density at radius 1 is 1.16 bits per heavy atom. The Morgan fingerprint density at radius 3 is 2.58 bits per heavy atom. The Labute approximate surface area is 183 Å². The molecule has 0 bridgehead atoms. The van der Waals surface area contributed by atoms with Crippen LogP contribution in [0.1, 0.15) is 32.4 Å². The summed E-state index contributed by atoms with van der Waals surface area (Å²) in [7, 11) is 2.13. The number of pyridine rings is 1. The first-order valence-corrected chi connectivity index (χ1v) is 11.2. The topological polar surface area (TPSA) is 89.2 Å². The monoisotopic (exact) mass is 421 g/mol. The summed E-state index contributed by atoms with van der Waals surface area (Å²) in [5.41, 5.74) is 2.44. The molecule has 2 saturated heterocycles. The van der Waals surface area contributed by atoms with Crippen molar-refractivity contribution in [2.24, 2.45) is 11.8 Å². The van der Waals surface area contributed by atoms with Crippen LogP contribution in [0.3, 0.4) is 0 Å². The Bertz CT molecular complexity index is 980. The summed E-state index contributed by atoms with van der Waals surface area (Å²) >= 11 is 0. The third-order valence-corrected chi connectivity index (χ3v) is 6.72. The second-order valence-corrected chi connectivity index (χ2v) is 9.15. The van der Waals surface area contributed by atoms with Crippen LogP contribution in [0, 0.1) is 23.2 Å². The standard InChI is InChI=1S/C23H31N7O/c1-16-10-18(11-21(31)17(2)29-8-6-28(3)7-9-29)15-30(14-16)20-13-27-19(12-24)22-23(20)26-5-4-25-22/h4-5,13,16-18H,6-11,14-15H2,1-3H3/t16-,17?,18-/m0/s1. The van der Waals surface area contributed by atoms with E-state index in [4.69, 9.17) is 0 Å². The number of nitriles is 1. The van der Waals surface area contributed by atoms with Gasteiger partial charge in [-0.3, -0.25) is 14.7 Å². The van der Waals surface area contributed by atoms with Crippen LogP contribution in [0.4, 0.5) is 5.69 Å². The number of carbonyl (C=O) groups is 1. The van der Waals surface area contributed by atoms with Crippen LogP contribution in [0.25, 0.3) is 11.0 Å². The van der Waals surface area contributed by atoms with Gasteiger partial charge in [-0.15, -0.1) is 0 Å². The summed E-state index contributed by atoms with van der Waals surface area (Å²) in [4.78, 5) is 33.2. The fourth-order valence-corrected chi connectivity index (χ4v) is 4.95. The van der Waals surface area contributed by atoms with Gasteiger partial charge in [0.15, 0.2) is 5.69 Å². The molecule has 8 nitrogen and oxygen atoms in total. The molecule has 4 heterocycles. The van der Waals surface area contributed by atoms with Crippen LogP contribution in [-0.4, -0.2) is 82.9 Å². The molecule has 31 heavy (non-hydrogen) atoms. The number of anilines is 1. The van der Waals surface area contributed by atoms with Crippen molar-refractivity contribution in [1.82, 2.24) is 24.8 Å². The fourth-order valence-electron chi connectivity index (χ4n) is 4.95. The first-order valence-electron chi connectivity index (χ1n) is 11.2. The number of hydrogen-bond acceptors (Lipinski definition) is 8. The molecule has 0 radical (unpaired) electrons. The SMILES string of the molecule is CC(C(=O)C[C@@H]1C[C@H](C)CN(c2cnc(C#N)c3nccnc23)C1)N1CCN(C)CC1. The van der Waals surface area contributed by atoms with E-state index in [2.05, 4.69) is 56.6 Å². The first kappa shape index (κ1) is 21.6. The highest BCUT2D eigenvalue weighted by Gasteiger charge is 2.31. The zero-order valence-electron chi connectivity index (χ0n) is 18.7. The predicted octanol–water partition coefficient (Wildman–Crippen LogP) is 1.95. The van der Waals surface area contributed by atoms with Crippen molar-refractivity contribution in [3.05, 3.63) is 24.3 Å². The van der Waals surface area contributed by atoms with Crippen molar-refractivity contribution < 1.29 is 4.79 Å². The van der Waals surface area contributed by atoms with Gasteiger partial charge in [0.25, 0.3) is 0 Å². The number of rotatable bonds is 5. The van der Waals surface area contributed by atoms with Crippen LogP contribution in [0.2, 0.25) is 0 Å². The van der Waals surface area contributed by atoms with Gasteiger partial charge < -0.3 is 9.80 Å². The van der Waals surface area contributed by atoms with E-state index in [1.165, 1.54) is 0 Å². The van der Waals surface area contributed by atoms with E-state index < -0.39 is 0 Å². The molecule has 2 aromatic rings. The van der Waals surface area contributed by atoms with Gasteiger partial charge in [0.1, 0.15) is 22.9 Å². The Kier molecular flexibility index (Phi) is 6.44. The fraction of sp³-hybridized carbons (Fsp3) is 0.609. The molecular weight excluding hydrogens is 390 g/mol. The predicted molar refractivity (Wildman–Crippen MR) is 120 cm³/mol. The second-order valence-electron chi connectivity index (χ2n) is 9.15. The van der Waals surface area contributed by atoms with Crippen molar-refractivity contribution in [2.45, 2.75) is 32.7 Å². The summed E-state index contributed by atoms with van der Waals surface area (Å²) < 4.78 is 0. The van der Waals surface area contributed by atoms with E-state index in [-0.39, 0.29) is 6.04 Å². The minimum absolute atomic E-state index is 0.0253. The molecule has 2 aromatic heterocycles. The zero-order valence-corrected chi connectivity index (χ0v) is 18.7. The Hall–Kier alpha value is -2.63. The maximum absolute atomic E-state index is 13.1. The summed E-state index contributed by atoms with van der Waals surface area (Å²) in [6, 6.07) is 2.08. The summed E-state index contributed by atoms with van der Waals surface area (Å²) in [6.45, 7) is 9.93. The summed E-state index contributed by atoms with van der Waals surface area (Å²) in [6.07, 6.45) is 6.62. The smallest absolute Gasteiger partial charge is 0.168 e. The van der Waals surface area contributed by atoms with Gasteiger partial charge in [0, 0.05) is 58.1 Å². The van der Waals surface area contributed by atoms with E-state index >= 15 is 0 Å². The zero-order chi connectivity index (χ0) is 22.0. The minimum Gasteiger partial charge on any atom is -0.368 e. The average molecular weight is 422 g/mol. The van der Waals surface area contributed by atoms with Crippen LogP contribution in [0.5, 0.6) is 0 Å². The second kappa shape index (κ2) is 9.25. The van der Waals surface area contributed by atoms with Gasteiger partial charge in [-0.05, 0) is 32.2 Å². The van der Waals surface area contributed by atoms with Crippen LogP contribution >= 0.6 is 0 Å². The lowest BCUT2D eigenvalue weighted by Gasteiger charge is -2.39. The average Bonchev–Trinajstić information content (AvgIpc) is 2.78. The van der Waals surface area contributed by atoms with E-state index in [0.29, 0.717) is 40.8 Å². The number of aromatic nitrogens is 3. The third kappa shape index (κ3) is 4.68. The molecule has 8 heteroatoms. The Morgan fingerprint density at radius 2 is 1.87 bits per heavy atom. The molecule has 4 rings (SSSR count). The maximum Gasteiger partial charge on any atom is 0.168 e. The molecule has 3 atom stereocenters. The van der Waals surface area contributed by atoms with Gasteiger partial charge in [0.2, 0.25) is 0 Å². The number of Topliss-reactive ketones (excluding diaryl/α,β-unsaturated/α-hetero) is 1. The highest BCUT2D eigenvalue weighted by atomic mass is 16.1. The summed E-state index contributed by atoms with van der Waals surface area (Å²) in [5.74, 6) is 1.10. The molecular formula is C23H31N7O. The molecule has 0 saturated carbocycles. The normalized spacial score (nSPS) is 24.1. The number of carbonyl (C=O) groups excluding carboxylic acids is 1.